The lowest BCUT2D eigenvalue weighted by molar-refractivity contribution is 0.101. The first-order chi connectivity index (χ1) is 31.8. The van der Waals surface area contributed by atoms with Gasteiger partial charge >= 0.3 is 0 Å². The van der Waals surface area contributed by atoms with E-state index in [2.05, 4.69) is 226 Å². The summed E-state index contributed by atoms with van der Waals surface area (Å²) in [6, 6.07) is 29.8. The Labute approximate surface area is 413 Å². The molecule has 0 atom stereocenters. The molecular formula is C64H76N4O. The minimum Gasteiger partial charge on any atom is -0.354 e. The minimum absolute atomic E-state index is 0.0611. The van der Waals surface area contributed by atoms with Crippen LogP contribution in [0, 0.1) is 0 Å². The Bertz CT molecular complexity index is 3110. The number of aromatic amines is 2. The Balaban J connectivity index is 1.62. The fourth-order valence-electron chi connectivity index (χ4n) is 9.40. The van der Waals surface area contributed by atoms with Crippen molar-refractivity contribution < 1.29 is 4.79 Å². The molecule has 0 aliphatic carbocycles. The lowest BCUT2D eigenvalue weighted by Crippen LogP contribution is -2.16. The number of fused-ring (bicyclic) bond motifs is 8. The van der Waals surface area contributed by atoms with Crippen LogP contribution in [0.25, 0.3) is 79.8 Å². The summed E-state index contributed by atoms with van der Waals surface area (Å²) in [7, 11) is 0. The van der Waals surface area contributed by atoms with Crippen molar-refractivity contribution in [1.29, 1.82) is 0 Å². The second kappa shape index (κ2) is 16.8. The summed E-state index contributed by atoms with van der Waals surface area (Å²) >= 11 is 0. The van der Waals surface area contributed by atoms with Gasteiger partial charge in [0, 0.05) is 33.2 Å². The van der Waals surface area contributed by atoms with Gasteiger partial charge in [0.05, 0.1) is 33.9 Å². The van der Waals surface area contributed by atoms with Crippen molar-refractivity contribution in [3.05, 3.63) is 141 Å². The number of ketones is 1. The summed E-state index contributed by atoms with van der Waals surface area (Å²) in [6.45, 7) is 42.8. The Morgan fingerprint density at radius 2 is 0.580 bits per heavy atom. The monoisotopic (exact) mass is 917 g/mol. The molecule has 358 valence electrons. The molecule has 0 radical (unpaired) electrons. The third kappa shape index (κ3) is 9.89. The number of nitrogens with zero attached hydrogens (tertiary/aromatic N) is 2. The molecule has 3 aromatic heterocycles. The largest absolute Gasteiger partial charge is 0.354 e. The Morgan fingerprint density at radius 1 is 0.348 bits per heavy atom. The van der Waals surface area contributed by atoms with E-state index in [1.165, 1.54) is 33.4 Å². The molecule has 5 heterocycles. The molecule has 5 heteroatoms. The molecule has 0 saturated carbocycles. The van der Waals surface area contributed by atoms with Gasteiger partial charge in [-0.3, -0.25) is 4.79 Å². The summed E-state index contributed by atoms with van der Waals surface area (Å²) in [6.07, 6.45) is 8.46. The van der Waals surface area contributed by atoms with E-state index < -0.39 is 0 Å². The van der Waals surface area contributed by atoms with E-state index in [1.54, 1.807) is 6.92 Å². The van der Waals surface area contributed by atoms with Crippen LogP contribution in [-0.2, 0) is 32.5 Å². The van der Waals surface area contributed by atoms with Crippen LogP contribution in [0.1, 0.15) is 198 Å². The highest BCUT2D eigenvalue weighted by Gasteiger charge is 2.28. The molecule has 2 aliphatic heterocycles. The number of rotatable bonds is 4. The van der Waals surface area contributed by atoms with Gasteiger partial charge in [-0.25, -0.2) is 9.97 Å². The van der Waals surface area contributed by atoms with Crippen molar-refractivity contribution in [2.75, 3.05) is 0 Å². The maximum absolute atomic E-state index is 14.0. The average molecular weight is 917 g/mol. The normalized spacial score (nSPS) is 13.7. The highest BCUT2D eigenvalue weighted by Crippen LogP contribution is 2.43. The van der Waals surface area contributed by atoms with Crippen LogP contribution in [0.15, 0.2) is 78.9 Å². The van der Waals surface area contributed by atoms with Gasteiger partial charge in [-0.2, -0.15) is 0 Å². The number of hydrogen-bond acceptors (Lipinski definition) is 3. The molecule has 2 N–H and O–H groups in total. The molecule has 0 unspecified atom stereocenters. The van der Waals surface area contributed by atoms with E-state index in [0.29, 0.717) is 11.3 Å². The van der Waals surface area contributed by atoms with Gasteiger partial charge in [0.1, 0.15) is 0 Å². The maximum atomic E-state index is 14.0. The van der Waals surface area contributed by atoms with Crippen LogP contribution in [-0.4, -0.2) is 25.7 Å². The van der Waals surface area contributed by atoms with Crippen LogP contribution in [0.3, 0.4) is 0 Å². The number of benzene rings is 3. The quantitative estimate of drug-likeness (QED) is 0.173. The molecule has 2 aliphatic rings. The molecule has 0 amide bonds. The van der Waals surface area contributed by atoms with Crippen molar-refractivity contribution in [2.45, 2.75) is 164 Å². The Morgan fingerprint density at radius 3 is 0.841 bits per heavy atom. The van der Waals surface area contributed by atoms with E-state index in [1.807, 2.05) is 12.1 Å². The lowest BCUT2D eigenvalue weighted by Gasteiger charge is -2.26. The minimum atomic E-state index is -0.107. The van der Waals surface area contributed by atoms with Crippen molar-refractivity contribution in [3.63, 3.8) is 0 Å². The topological polar surface area (TPSA) is 74.4 Å². The Hall–Kier alpha value is -6.07. The van der Waals surface area contributed by atoms with Gasteiger partial charge in [0.15, 0.2) is 5.78 Å². The van der Waals surface area contributed by atoms with E-state index in [9.17, 15) is 4.79 Å². The van der Waals surface area contributed by atoms with Gasteiger partial charge in [0.2, 0.25) is 0 Å². The van der Waals surface area contributed by atoms with Gasteiger partial charge in [-0.05, 0) is 138 Å². The van der Waals surface area contributed by atoms with E-state index in [4.69, 9.17) is 9.97 Å². The summed E-state index contributed by atoms with van der Waals surface area (Å²) in [5, 5.41) is 0. The zero-order valence-corrected chi connectivity index (χ0v) is 45.1. The standard InChI is InChI=1S/C64H76N4O/c1-37(69)55-47-20-22-49(65-47)56(38-28-41(59(2,3)4)34-42(29-38)60(5,6)7)51-24-26-53(67-51)58(40-32-45(63(14,15)16)36-46(33-40)64(17,18)19)54-27-25-52(68-54)57(50-23-21-48(55)66-50)39-30-43(61(8,9)10)35-44(31-39)62(11,12)13/h20-36,65,68H,1-19H3. The van der Waals surface area contributed by atoms with Crippen molar-refractivity contribution in [2.24, 2.45) is 0 Å². The molecule has 0 fully saturated rings. The van der Waals surface area contributed by atoms with Gasteiger partial charge in [-0.15, -0.1) is 0 Å². The zero-order chi connectivity index (χ0) is 50.6. The van der Waals surface area contributed by atoms with Crippen LogP contribution in [0.2, 0.25) is 0 Å². The SMILES string of the molecule is CC(=O)c1c2nc(c(-c3cc(C(C)(C)C)cc(C(C)(C)C)c3)c3ccc([nH]3)c(-c3cc(C(C)(C)C)cc(C(C)(C)C)c3)c3nc(c(-c4cc(C(C)(C)C)cc(C(C)(C)C)c4)c4ccc1[nH]4)C=C3)C=C2. The van der Waals surface area contributed by atoms with E-state index in [-0.39, 0.29) is 38.3 Å². The zero-order valence-electron chi connectivity index (χ0n) is 45.1. The summed E-state index contributed by atoms with van der Waals surface area (Å²) in [5.74, 6) is -0.0611. The molecule has 8 bridgehead atoms. The van der Waals surface area contributed by atoms with Crippen LogP contribution in [0.4, 0.5) is 0 Å². The van der Waals surface area contributed by atoms with Crippen LogP contribution < -0.4 is 0 Å². The molecule has 0 spiro atoms. The second-order valence-electron chi connectivity index (χ2n) is 26.0. The number of aromatic nitrogens is 4. The average Bonchev–Trinajstić information content (AvgIpc) is 4.06. The van der Waals surface area contributed by atoms with E-state index >= 15 is 0 Å². The second-order valence-corrected chi connectivity index (χ2v) is 26.0. The first-order valence-corrected chi connectivity index (χ1v) is 24.9. The predicted molar refractivity (Wildman–Crippen MR) is 297 cm³/mol. The molecule has 8 rings (SSSR count). The fraction of sp³-hybridized carbons (Fsp3) is 0.391. The first-order valence-electron chi connectivity index (χ1n) is 24.9. The van der Waals surface area contributed by atoms with Gasteiger partial charge < -0.3 is 9.97 Å². The number of Topliss-reactive ketones (excluding diaryl/α,β-unsaturated/α-hetero) is 1. The number of carbonyl (C=O) groups excluding carboxylic acids is 1. The number of H-pyrrole nitrogens is 2. The molecular weight excluding hydrogens is 841 g/mol. The molecule has 6 aromatic rings. The highest BCUT2D eigenvalue weighted by atomic mass is 16.1. The Kier molecular flexibility index (Phi) is 12.0. The number of hydrogen-bond donors (Lipinski definition) is 2. The van der Waals surface area contributed by atoms with Crippen LogP contribution >= 0.6 is 0 Å². The number of nitrogens with one attached hydrogen (secondary N) is 2. The highest BCUT2D eigenvalue weighted by molar-refractivity contribution is 6.06. The van der Waals surface area contributed by atoms with E-state index in [0.717, 1.165) is 72.5 Å². The summed E-state index contributed by atoms with van der Waals surface area (Å²) in [4.78, 5) is 32.9. The van der Waals surface area contributed by atoms with Crippen molar-refractivity contribution in [3.8, 4) is 33.4 Å². The molecule has 69 heavy (non-hydrogen) atoms. The molecule has 3 aromatic carbocycles. The van der Waals surface area contributed by atoms with Gasteiger partial charge in [0.25, 0.3) is 0 Å². The van der Waals surface area contributed by atoms with Crippen LogP contribution in [0.5, 0.6) is 0 Å². The summed E-state index contributed by atoms with van der Waals surface area (Å²) < 4.78 is 0. The smallest absolute Gasteiger partial charge is 0.164 e. The van der Waals surface area contributed by atoms with Crippen molar-refractivity contribution in [1.82, 2.24) is 19.9 Å². The predicted octanol–water partition coefficient (Wildman–Crippen LogP) is 17.6. The maximum Gasteiger partial charge on any atom is 0.164 e. The fourth-order valence-corrected chi connectivity index (χ4v) is 9.40. The number of carbonyl (C=O) groups is 1. The van der Waals surface area contributed by atoms with Crippen molar-refractivity contribution >= 4 is 52.2 Å². The van der Waals surface area contributed by atoms with Gasteiger partial charge in [-0.1, -0.05) is 179 Å². The third-order valence-corrected chi connectivity index (χ3v) is 14.0. The molecule has 5 nitrogen and oxygen atoms in total. The molecule has 0 saturated heterocycles. The third-order valence-electron chi connectivity index (χ3n) is 14.0. The first kappa shape index (κ1) is 49.4. The summed E-state index contributed by atoms with van der Waals surface area (Å²) in [5.41, 5.74) is 20.4. The lowest BCUT2D eigenvalue weighted by atomic mass is 9.78.